The molecule has 22 heavy (non-hydrogen) atoms. The summed E-state index contributed by atoms with van der Waals surface area (Å²) in [5, 5.41) is 11.9. The number of likely N-dealkylation sites (tertiary alicyclic amines) is 1. The van der Waals surface area contributed by atoms with E-state index in [0.29, 0.717) is 18.7 Å². The summed E-state index contributed by atoms with van der Waals surface area (Å²) < 4.78 is 5.02. The number of aliphatic carboxylic acids is 1. The Morgan fingerprint density at radius 1 is 1.55 bits per heavy atom. The number of carbonyl (C=O) groups is 2. The van der Waals surface area contributed by atoms with Gasteiger partial charge in [0, 0.05) is 24.0 Å². The highest BCUT2D eigenvalue weighted by Gasteiger charge is 2.42. The largest absolute Gasteiger partial charge is 0.481 e. The molecule has 0 aromatic carbocycles. The lowest BCUT2D eigenvalue weighted by Crippen LogP contribution is -2.35. The summed E-state index contributed by atoms with van der Waals surface area (Å²) in [5.74, 6) is -0.923. The maximum Gasteiger partial charge on any atom is 0.311 e. The van der Waals surface area contributed by atoms with Gasteiger partial charge in [-0.05, 0) is 19.4 Å². The minimum atomic E-state index is -0.848. The Labute approximate surface area is 131 Å². The van der Waals surface area contributed by atoms with Crippen molar-refractivity contribution < 1.29 is 19.1 Å². The predicted octanol–water partition coefficient (Wildman–Crippen LogP) is 2.27. The molecule has 3 rings (SSSR count). The monoisotopic (exact) mass is 320 g/mol. The van der Waals surface area contributed by atoms with Crippen molar-refractivity contribution in [3.05, 3.63) is 29.7 Å². The smallest absolute Gasteiger partial charge is 0.311 e. The van der Waals surface area contributed by atoms with Gasteiger partial charge in [0.1, 0.15) is 11.3 Å². The molecule has 1 N–H and O–H groups in total. The van der Waals surface area contributed by atoms with E-state index in [1.807, 2.05) is 11.4 Å². The predicted molar refractivity (Wildman–Crippen MR) is 80.5 cm³/mol. The molecule has 1 atom stereocenters. The summed E-state index contributed by atoms with van der Waals surface area (Å²) in [6, 6.07) is 1.82. The Morgan fingerprint density at radius 3 is 3.00 bits per heavy atom. The van der Waals surface area contributed by atoms with Crippen LogP contribution >= 0.6 is 11.3 Å². The molecule has 0 bridgehead atoms. The minimum absolute atomic E-state index is 0.0750. The molecule has 7 heteroatoms. The van der Waals surface area contributed by atoms with Gasteiger partial charge in [0.05, 0.1) is 23.8 Å². The fraction of sp³-hybridized carbons (Fsp3) is 0.400. The maximum absolute atomic E-state index is 12.3. The number of rotatable bonds is 4. The first-order valence-electron chi connectivity index (χ1n) is 6.96. The number of aromatic nitrogens is 1. The van der Waals surface area contributed by atoms with Crippen molar-refractivity contribution in [3.8, 4) is 10.6 Å². The lowest BCUT2D eigenvalue weighted by Gasteiger charge is -2.19. The van der Waals surface area contributed by atoms with Gasteiger partial charge in [0.15, 0.2) is 0 Å². The number of hydrogen-bond donors (Lipinski definition) is 1. The zero-order valence-electron chi connectivity index (χ0n) is 12.1. The first-order chi connectivity index (χ1) is 10.5. The van der Waals surface area contributed by atoms with E-state index in [-0.39, 0.29) is 18.9 Å². The van der Waals surface area contributed by atoms with E-state index >= 15 is 0 Å². The van der Waals surface area contributed by atoms with Gasteiger partial charge in [-0.1, -0.05) is 0 Å². The summed E-state index contributed by atoms with van der Waals surface area (Å²) in [6.45, 7) is 2.43. The molecule has 3 heterocycles. The van der Waals surface area contributed by atoms with Gasteiger partial charge in [-0.25, -0.2) is 4.98 Å². The van der Waals surface area contributed by atoms with Gasteiger partial charge >= 0.3 is 5.97 Å². The average Bonchev–Trinajstić information content (AvgIpc) is 3.17. The second-order valence-electron chi connectivity index (χ2n) is 5.76. The van der Waals surface area contributed by atoms with E-state index in [1.165, 1.54) is 11.3 Å². The first kappa shape index (κ1) is 14.8. The van der Waals surface area contributed by atoms with Crippen LogP contribution in [0.15, 0.2) is 28.4 Å². The second kappa shape index (κ2) is 5.57. The molecule has 1 aliphatic heterocycles. The van der Waals surface area contributed by atoms with E-state index in [4.69, 9.17) is 4.42 Å². The van der Waals surface area contributed by atoms with Crippen molar-refractivity contribution >= 4 is 23.2 Å². The summed E-state index contributed by atoms with van der Waals surface area (Å²) in [5.41, 5.74) is 0.762. The molecule has 6 nitrogen and oxygen atoms in total. The molecule has 1 aliphatic rings. The third-order valence-electron chi connectivity index (χ3n) is 3.99. The number of thiazole rings is 1. The van der Waals surface area contributed by atoms with Crippen LogP contribution in [0, 0.1) is 5.41 Å². The van der Waals surface area contributed by atoms with E-state index in [9.17, 15) is 14.7 Å². The van der Waals surface area contributed by atoms with Crippen molar-refractivity contribution in [3.63, 3.8) is 0 Å². The lowest BCUT2D eigenvalue weighted by atomic mass is 9.90. The molecule has 2 aromatic heterocycles. The van der Waals surface area contributed by atoms with E-state index in [2.05, 4.69) is 4.98 Å². The zero-order chi connectivity index (χ0) is 15.7. The Hall–Kier alpha value is -2.15. The molecule has 0 radical (unpaired) electrons. The van der Waals surface area contributed by atoms with Gasteiger partial charge < -0.3 is 14.4 Å². The van der Waals surface area contributed by atoms with Gasteiger partial charge in [-0.2, -0.15) is 0 Å². The fourth-order valence-electron chi connectivity index (χ4n) is 2.52. The number of furan rings is 1. The molecule has 0 aliphatic carbocycles. The standard InChI is InChI=1S/C15H16N2O4S/c1-15(14(19)20)3-4-17(9-15)12(18)6-11-8-22-13(16-11)10-2-5-21-7-10/h2,5,7-8H,3-4,6,9H2,1H3,(H,19,20)/t15-/m1/s1. The summed E-state index contributed by atoms with van der Waals surface area (Å²) >= 11 is 1.46. The first-order valence-corrected chi connectivity index (χ1v) is 7.84. The number of nitrogens with zero attached hydrogens (tertiary/aromatic N) is 2. The van der Waals surface area contributed by atoms with Crippen LogP contribution in [0.3, 0.4) is 0 Å². The Bertz CT molecular complexity index is 694. The van der Waals surface area contributed by atoms with Crippen molar-refractivity contribution in [1.29, 1.82) is 0 Å². The third-order valence-corrected chi connectivity index (χ3v) is 4.93. The van der Waals surface area contributed by atoms with Crippen LogP contribution in [0.1, 0.15) is 19.0 Å². The highest BCUT2D eigenvalue weighted by molar-refractivity contribution is 7.13. The van der Waals surface area contributed by atoms with Crippen molar-refractivity contribution in [2.24, 2.45) is 5.41 Å². The molecule has 0 spiro atoms. The molecule has 1 amide bonds. The highest BCUT2D eigenvalue weighted by atomic mass is 32.1. The topological polar surface area (TPSA) is 83.6 Å². The molecule has 0 saturated carbocycles. The van der Waals surface area contributed by atoms with Gasteiger partial charge in [-0.3, -0.25) is 9.59 Å². The number of carboxylic acid groups (broad SMARTS) is 1. The van der Waals surface area contributed by atoms with Gasteiger partial charge in [0.2, 0.25) is 5.91 Å². The van der Waals surface area contributed by atoms with Crippen LogP contribution in [0.4, 0.5) is 0 Å². The number of hydrogen-bond acceptors (Lipinski definition) is 5. The van der Waals surface area contributed by atoms with E-state index < -0.39 is 11.4 Å². The molecular formula is C15H16N2O4S. The Kier molecular flexibility index (Phi) is 3.74. The second-order valence-corrected chi connectivity index (χ2v) is 6.62. The van der Waals surface area contributed by atoms with E-state index in [1.54, 1.807) is 24.3 Å². The molecular weight excluding hydrogens is 304 g/mol. The van der Waals surface area contributed by atoms with Gasteiger partial charge in [-0.15, -0.1) is 11.3 Å². The number of carboxylic acids is 1. The maximum atomic E-state index is 12.3. The zero-order valence-corrected chi connectivity index (χ0v) is 12.9. The van der Waals surface area contributed by atoms with Crippen LogP contribution in [0.2, 0.25) is 0 Å². The fourth-order valence-corrected chi connectivity index (χ4v) is 3.33. The van der Waals surface area contributed by atoms with E-state index in [0.717, 1.165) is 10.6 Å². The van der Waals surface area contributed by atoms with Crippen LogP contribution in [-0.2, 0) is 16.0 Å². The Balaban J connectivity index is 1.65. The molecule has 2 aromatic rings. The van der Waals surface area contributed by atoms with Crippen molar-refractivity contribution in [1.82, 2.24) is 9.88 Å². The number of carbonyl (C=O) groups excluding carboxylic acids is 1. The van der Waals surface area contributed by atoms with Gasteiger partial charge in [0.25, 0.3) is 0 Å². The summed E-state index contributed by atoms with van der Waals surface area (Å²) in [7, 11) is 0. The summed E-state index contributed by atoms with van der Waals surface area (Å²) in [4.78, 5) is 29.6. The Morgan fingerprint density at radius 2 is 2.36 bits per heavy atom. The number of amides is 1. The van der Waals surface area contributed by atoms with Crippen molar-refractivity contribution in [2.45, 2.75) is 19.8 Å². The van der Waals surface area contributed by atoms with Crippen molar-refractivity contribution in [2.75, 3.05) is 13.1 Å². The molecule has 1 fully saturated rings. The third kappa shape index (κ3) is 2.76. The summed E-state index contributed by atoms with van der Waals surface area (Å²) in [6.07, 6.45) is 3.89. The normalized spacial score (nSPS) is 21.2. The average molecular weight is 320 g/mol. The molecule has 116 valence electrons. The molecule has 1 saturated heterocycles. The van der Waals surface area contributed by atoms with Crippen LogP contribution in [0.25, 0.3) is 10.6 Å². The quantitative estimate of drug-likeness (QED) is 0.934. The van der Waals surface area contributed by atoms with Crippen LogP contribution in [-0.4, -0.2) is 40.0 Å². The SMILES string of the molecule is C[C@@]1(C(=O)O)CCN(C(=O)Cc2csc(-c3ccoc3)n2)C1. The van der Waals surface area contributed by atoms with Crippen LogP contribution < -0.4 is 0 Å². The molecule has 0 unspecified atom stereocenters. The van der Waals surface area contributed by atoms with Crippen LogP contribution in [0.5, 0.6) is 0 Å². The lowest BCUT2D eigenvalue weighted by molar-refractivity contribution is -0.147. The minimum Gasteiger partial charge on any atom is -0.481 e. The highest BCUT2D eigenvalue weighted by Crippen LogP contribution is 2.31.